The predicted octanol–water partition coefficient (Wildman–Crippen LogP) is 3.52. The summed E-state index contributed by atoms with van der Waals surface area (Å²) in [5.41, 5.74) is 1.64. The molecule has 0 radical (unpaired) electrons. The fraction of sp³-hybridized carbons (Fsp3) is 0.0769. The summed E-state index contributed by atoms with van der Waals surface area (Å²) in [5, 5.41) is 0. The molecule has 0 aliphatic carbocycles. The molecule has 2 aromatic carbocycles. The van der Waals surface area contributed by atoms with Crippen LogP contribution >= 0.6 is 15.9 Å². The molecule has 0 aliphatic rings. The zero-order valence-electron chi connectivity index (χ0n) is 9.22. The molecule has 0 bridgehead atoms. The predicted molar refractivity (Wildman–Crippen MR) is 72.7 cm³/mol. The van der Waals surface area contributed by atoms with E-state index in [9.17, 15) is 8.42 Å². The average molecular weight is 311 g/mol. The molecule has 0 spiro atoms. The molecule has 2 aromatic rings. The van der Waals surface area contributed by atoms with Crippen LogP contribution in [0.4, 0.5) is 0 Å². The monoisotopic (exact) mass is 310 g/mol. The van der Waals surface area contributed by atoms with Crippen LogP contribution in [0.2, 0.25) is 0 Å². The van der Waals surface area contributed by atoms with Crippen LogP contribution < -0.4 is 0 Å². The van der Waals surface area contributed by atoms with Gasteiger partial charge in [0.15, 0.2) is 9.84 Å². The van der Waals surface area contributed by atoms with Crippen molar-refractivity contribution in [2.24, 2.45) is 0 Å². The van der Waals surface area contributed by atoms with Gasteiger partial charge in [0, 0.05) is 16.3 Å². The highest BCUT2D eigenvalue weighted by molar-refractivity contribution is 9.10. The Labute approximate surface area is 109 Å². The van der Waals surface area contributed by atoms with Crippen LogP contribution in [0.25, 0.3) is 11.1 Å². The second-order valence-corrected chi connectivity index (χ2v) is 6.68. The van der Waals surface area contributed by atoms with Crippen LogP contribution in [-0.4, -0.2) is 14.7 Å². The molecule has 88 valence electrons. The molecule has 4 heteroatoms. The fourth-order valence-electron chi connectivity index (χ4n) is 1.66. The SMILES string of the molecule is CS(=O)(=O)c1cc(Br)ccc1-c1ccccc1. The maximum absolute atomic E-state index is 11.8. The van der Waals surface area contributed by atoms with E-state index < -0.39 is 9.84 Å². The van der Waals surface area contributed by atoms with Crippen molar-refractivity contribution in [1.82, 2.24) is 0 Å². The van der Waals surface area contributed by atoms with E-state index in [0.29, 0.717) is 4.90 Å². The van der Waals surface area contributed by atoms with Gasteiger partial charge in [0.25, 0.3) is 0 Å². The van der Waals surface area contributed by atoms with Crippen molar-refractivity contribution in [3.63, 3.8) is 0 Å². The average Bonchev–Trinajstić information content (AvgIpc) is 2.29. The van der Waals surface area contributed by atoms with E-state index in [1.165, 1.54) is 6.26 Å². The second kappa shape index (κ2) is 4.63. The van der Waals surface area contributed by atoms with E-state index >= 15 is 0 Å². The first kappa shape index (κ1) is 12.3. The molecule has 0 atom stereocenters. The summed E-state index contributed by atoms with van der Waals surface area (Å²) in [6, 6.07) is 14.8. The van der Waals surface area contributed by atoms with Crippen molar-refractivity contribution in [2.45, 2.75) is 4.90 Å². The number of hydrogen-bond donors (Lipinski definition) is 0. The van der Waals surface area contributed by atoms with Gasteiger partial charge in [0.05, 0.1) is 4.90 Å². The summed E-state index contributed by atoms with van der Waals surface area (Å²) in [7, 11) is -3.23. The molecule has 0 saturated heterocycles. The molecular formula is C13H11BrO2S. The Balaban J connectivity index is 2.71. The molecular weight excluding hydrogens is 300 g/mol. The highest BCUT2D eigenvalue weighted by atomic mass is 79.9. The standard InChI is InChI=1S/C13H11BrO2S/c1-17(15,16)13-9-11(14)7-8-12(13)10-5-3-2-4-6-10/h2-9H,1H3. The molecule has 0 unspecified atom stereocenters. The molecule has 17 heavy (non-hydrogen) atoms. The van der Waals surface area contributed by atoms with E-state index in [-0.39, 0.29) is 0 Å². The van der Waals surface area contributed by atoms with Crippen LogP contribution in [0, 0.1) is 0 Å². The molecule has 0 fully saturated rings. The van der Waals surface area contributed by atoms with Crippen molar-refractivity contribution in [1.29, 1.82) is 0 Å². The van der Waals surface area contributed by atoms with Gasteiger partial charge < -0.3 is 0 Å². The minimum atomic E-state index is -3.23. The van der Waals surface area contributed by atoms with E-state index in [1.54, 1.807) is 6.07 Å². The smallest absolute Gasteiger partial charge is 0.176 e. The number of hydrogen-bond acceptors (Lipinski definition) is 2. The molecule has 0 amide bonds. The first-order valence-electron chi connectivity index (χ1n) is 5.03. The van der Waals surface area contributed by atoms with Crippen LogP contribution in [0.15, 0.2) is 57.9 Å². The Kier molecular flexibility index (Phi) is 3.35. The second-order valence-electron chi connectivity index (χ2n) is 3.78. The molecule has 0 aromatic heterocycles. The van der Waals surface area contributed by atoms with Crippen molar-refractivity contribution in [2.75, 3.05) is 6.26 Å². The summed E-state index contributed by atoms with van der Waals surface area (Å²) in [4.78, 5) is 0.345. The third kappa shape index (κ3) is 2.76. The van der Waals surface area contributed by atoms with Gasteiger partial charge in [0.1, 0.15) is 0 Å². The third-order valence-corrected chi connectivity index (χ3v) is 4.06. The maximum Gasteiger partial charge on any atom is 0.176 e. The summed E-state index contributed by atoms with van der Waals surface area (Å²) < 4.78 is 24.3. The van der Waals surface area contributed by atoms with Crippen molar-refractivity contribution < 1.29 is 8.42 Å². The minimum Gasteiger partial charge on any atom is -0.224 e. The zero-order valence-corrected chi connectivity index (χ0v) is 11.6. The summed E-state index contributed by atoms with van der Waals surface area (Å²) in [6.45, 7) is 0. The van der Waals surface area contributed by atoms with Crippen LogP contribution in [0.5, 0.6) is 0 Å². The van der Waals surface area contributed by atoms with E-state index in [2.05, 4.69) is 15.9 Å². The zero-order chi connectivity index (χ0) is 12.5. The number of benzene rings is 2. The summed E-state index contributed by atoms with van der Waals surface area (Å²) >= 11 is 3.30. The first-order chi connectivity index (χ1) is 7.98. The number of rotatable bonds is 2. The van der Waals surface area contributed by atoms with Crippen molar-refractivity contribution in [3.05, 3.63) is 53.0 Å². The van der Waals surface area contributed by atoms with Gasteiger partial charge in [-0.2, -0.15) is 0 Å². The van der Waals surface area contributed by atoms with Crippen LogP contribution in [0.3, 0.4) is 0 Å². The van der Waals surface area contributed by atoms with E-state index in [4.69, 9.17) is 0 Å². The molecule has 2 rings (SSSR count). The van der Waals surface area contributed by atoms with Gasteiger partial charge in [-0.3, -0.25) is 0 Å². The highest BCUT2D eigenvalue weighted by Gasteiger charge is 2.14. The maximum atomic E-state index is 11.8. The quantitative estimate of drug-likeness (QED) is 0.850. The van der Waals surface area contributed by atoms with Crippen LogP contribution in [-0.2, 0) is 9.84 Å². The third-order valence-electron chi connectivity index (χ3n) is 2.43. The Hall–Kier alpha value is -1.13. The Morgan fingerprint density at radius 1 is 1.00 bits per heavy atom. The molecule has 0 aliphatic heterocycles. The highest BCUT2D eigenvalue weighted by Crippen LogP contribution is 2.29. The molecule has 2 nitrogen and oxygen atoms in total. The lowest BCUT2D eigenvalue weighted by Crippen LogP contribution is -1.99. The molecule has 0 N–H and O–H groups in total. The van der Waals surface area contributed by atoms with Crippen molar-refractivity contribution in [3.8, 4) is 11.1 Å². The van der Waals surface area contributed by atoms with E-state index in [0.717, 1.165) is 15.6 Å². The Bertz CT molecular complexity index is 634. The lowest BCUT2D eigenvalue weighted by Gasteiger charge is -2.08. The van der Waals surface area contributed by atoms with Gasteiger partial charge in [-0.15, -0.1) is 0 Å². The molecule has 0 heterocycles. The normalized spacial score (nSPS) is 11.4. The number of halogens is 1. The lowest BCUT2D eigenvalue weighted by atomic mass is 10.1. The summed E-state index contributed by atoms with van der Waals surface area (Å²) in [5.74, 6) is 0. The summed E-state index contributed by atoms with van der Waals surface area (Å²) in [6.07, 6.45) is 1.22. The van der Waals surface area contributed by atoms with Gasteiger partial charge in [0.2, 0.25) is 0 Å². The fourth-order valence-corrected chi connectivity index (χ4v) is 3.10. The van der Waals surface area contributed by atoms with Gasteiger partial charge >= 0.3 is 0 Å². The van der Waals surface area contributed by atoms with E-state index in [1.807, 2.05) is 42.5 Å². The largest absolute Gasteiger partial charge is 0.224 e. The van der Waals surface area contributed by atoms with Gasteiger partial charge in [-0.25, -0.2) is 8.42 Å². The van der Waals surface area contributed by atoms with Gasteiger partial charge in [-0.05, 0) is 17.7 Å². The van der Waals surface area contributed by atoms with Crippen molar-refractivity contribution >= 4 is 25.8 Å². The Morgan fingerprint density at radius 3 is 2.24 bits per heavy atom. The lowest BCUT2D eigenvalue weighted by molar-refractivity contribution is 0.602. The molecule has 0 saturated carbocycles. The van der Waals surface area contributed by atoms with Gasteiger partial charge in [-0.1, -0.05) is 52.3 Å². The Morgan fingerprint density at radius 2 is 1.65 bits per heavy atom. The van der Waals surface area contributed by atoms with Crippen LogP contribution in [0.1, 0.15) is 0 Å². The number of sulfone groups is 1. The minimum absolute atomic E-state index is 0.345. The topological polar surface area (TPSA) is 34.1 Å². The first-order valence-corrected chi connectivity index (χ1v) is 7.72.